The molecule has 2 aromatic carbocycles. The van der Waals surface area contributed by atoms with Gasteiger partial charge in [-0.1, -0.05) is 30.3 Å². The minimum absolute atomic E-state index is 0.0702. The van der Waals surface area contributed by atoms with Crippen LogP contribution in [0.25, 0.3) is 0 Å². The molecule has 0 spiro atoms. The van der Waals surface area contributed by atoms with Crippen LogP contribution in [0.1, 0.15) is 30.1 Å². The van der Waals surface area contributed by atoms with E-state index in [9.17, 15) is 14.4 Å². The summed E-state index contributed by atoms with van der Waals surface area (Å²) in [6, 6.07) is 16.1. The van der Waals surface area contributed by atoms with Crippen molar-refractivity contribution in [2.24, 2.45) is 5.92 Å². The van der Waals surface area contributed by atoms with Crippen molar-refractivity contribution in [1.29, 1.82) is 0 Å². The van der Waals surface area contributed by atoms with Crippen LogP contribution in [0.15, 0.2) is 54.6 Å². The molecule has 7 nitrogen and oxygen atoms in total. The highest BCUT2D eigenvalue weighted by Crippen LogP contribution is 2.17. The molecule has 0 saturated carbocycles. The fourth-order valence-electron chi connectivity index (χ4n) is 3.63. The molecular formula is C23H28N3O4+. The van der Waals surface area contributed by atoms with Gasteiger partial charge in [-0.2, -0.15) is 0 Å². The lowest BCUT2D eigenvalue weighted by atomic mass is 9.97. The maximum Gasteiger partial charge on any atom is 0.309 e. The van der Waals surface area contributed by atoms with Crippen LogP contribution >= 0.6 is 0 Å². The van der Waals surface area contributed by atoms with Crippen molar-refractivity contribution in [3.05, 3.63) is 60.2 Å². The first kappa shape index (κ1) is 21.5. The van der Waals surface area contributed by atoms with E-state index < -0.39 is 0 Å². The lowest BCUT2D eigenvalue weighted by Gasteiger charge is -2.27. The molecule has 3 rings (SSSR count). The van der Waals surface area contributed by atoms with Gasteiger partial charge in [0.25, 0.3) is 11.8 Å². The lowest BCUT2D eigenvalue weighted by molar-refractivity contribution is -0.897. The van der Waals surface area contributed by atoms with Crippen molar-refractivity contribution in [2.45, 2.75) is 19.8 Å². The van der Waals surface area contributed by atoms with Gasteiger partial charge >= 0.3 is 5.97 Å². The Morgan fingerprint density at radius 2 is 1.63 bits per heavy atom. The molecule has 1 heterocycles. The van der Waals surface area contributed by atoms with Crippen molar-refractivity contribution in [3.63, 3.8) is 0 Å². The van der Waals surface area contributed by atoms with E-state index in [4.69, 9.17) is 4.74 Å². The molecule has 0 aromatic heterocycles. The van der Waals surface area contributed by atoms with E-state index in [1.807, 2.05) is 30.3 Å². The van der Waals surface area contributed by atoms with Gasteiger partial charge in [-0.3, -0.25) is 14.4 Å². The molecule has 2 aromatic rings. The normalized spacial score (nSPS) is 18.3. The van der Waals surface area contributed by atoms with E-state index in [0.29, 0.717) is 30.1 Å². The van der Waals surface area contributed by atoms with Crippen LogP contribution < -0.4 is 15.5 Å². The van der Waals surface area contributed by atoms with Crippen LogP contribution in [-0.2, 0) is 14.3 Å². The third-order valence-corrected chi connectivity index (χ3v) is 5.20. The molecule has 7 heteroatoms. The van der Waals surface area contributed by atoms with Crippen molar-refractivity contribution < 1.29 is 24.0 Å². The zero-order chi connectivity index (χ0) is 21.3. The Kier molecular flexibility index (Phi) is 7.57. The maximum absolute atomic E-state index is 12.6. The van der Waals surface area contributed by atoms with Crippen LogP contribution in [0.4, 0.5) is 11.4 Å². The van der Waals surface area contributed by atoms with Gasteiger partial charge in [-0.15, -0.1) is 0 Å². The molecule has 1 saturated heterocycles. The molecule has 30 heavy (non-hydrogen) atoms. The van der Waals surface area contributed by atoms with E-state index in [1.54, 1.807) is 31.2 Å². The summed E-state index contributed by atoms with van der Waals surface area (Å²) < 4.78 is 5.09. The number of hydrogen-bond donors (Lipinski definition) is 3. The summed E-state index contributed by atoms with van der Waals surface area (Å²) >= 11 is 0. The summed E-state index contributed by atoms with van der Waals surface area (Å²) in [5, 5.41) is 5.71. The molecule has 1 aliphatic rings. The van der Waals surface area contributed by atoms with Gasteiger partial charge in [0.1, 0.15) is 0 Å². The number of nitrogens with one attached hydrogen (secondary N) is 3. The zero-order valence-corrected chi connectivity index (χ0v) is 17.1. The number of ether oxygens (including phenoxy) is 1. The first-order valence-electron chi connectivity index (χ1n) is 10.3. The predicted molar refractivity (Wildman–Crippen MR) is 114 cm³/mol. The Morgan fingerprint density at radius 3 is 2.33 bits per heavy atom. The summed E-state index contributed by atoms with van der Waals surface area (Å²) in [5.74, 6) is -0.641. The number of carbonyl (C=O) groups is 3. The van der Waals surface area contributed by atoms with E-state index in [1.165, 1.54) is 0 Å². The smallest absolute Gasteiger partial charge is 0.309 e. The molecule has 0 radical (unpaired) electrons. The van der Waals surface area contributed by atoms with Crippen molar-refractivity contribution in [3.8, 4) is 0 Å². The molecule has 0 aliphatic carbocycles. The molecule has 2 amide bonds. The summed E-state index contributed by atoms with van der Waals surface area (Å²) in [7, 11) is 0. The largest absolute Gasteiger partial charge is 0.466 e. The fourth-order valence-corrected chi connectivity index (χ4v) is 3.63. The standard InChI is InChI=1S/C23H27N3O4/c1-2-30-23(29)17-12-14-26(15-13-17)16-21(27)25-20-11-7-6-10-19(20)22(28)24-18-8-4-3-5-9-18/h3-11,17H,2,12-16H2,1H3,(H,24,28)(H,25,27)/p+1. The molecule has 1 aliphatic heterocycles. The number of amides is 2. The number of benzene rings is 2. The fraction of sp³-hybridized carbons (Fsp3) is 0.348. The molecule has 158 valence electrons. The Morgan fingerprint density at radius 1 is 0.967 bits per heavy atom. The summed E-state index contributed by atoms with van der Waals surface area (Å²) in [4.78, 5) is 38.2. The van der Waals surface area contributed by atoms with Crippen LogP contribution in [-0.4, -0.2) is 44.0 Å². The Hall–Kier alpha value is -3.19. The summed E-state index contributed by atoms with van der Waals surface area (Å²) in [6.07, 6.45) is 1.44. The molecule has 1 fully saturated rings. The van der Waals surface area contributed by atoms with Gasteiger partial charge in [0.15, 0.2) is 6.54 Å². The maximum atomic E-state index is 12.6. The second kappa shape index (κ2) is 10.5. The first-order chi connectivity index (χ1) is 14.6. The number of anilines is 2. The van der Waals surface area contributed by atoms with Crippen molar-refractivity contribution in [1.82, 2.24) is 0 Å². The van der Waals surface area contributed by atoms with Gasteiger partial charge in [-0.05, 0) is 31.2 Å². The second-order valence-electron chi connectivity index (χ2n) is 7.37. The highest BCUT2D eigenvalue weighted by molar-refractivity contribution is 6.10. The van der Waals surface area contributed by atoms with E-state index >= 15 is 0 Å². The van der Waals surface area contributed by atoms with Crippen molar-refractivity contribution >= 4 is 29.2 Å². The SMILES string of the molecule is CCOC(=O)C1CC[NH+](CC(=O)Nc2ccccc2C(=O)Nc2ccccc2)CC1. The number of para-hydroxylation sites is 2. The van der Waals surface area contributed by atoms with Crippen LogP contribution in [0, 0.1) is 5.92 Å². The van der Waals surface area contributed by atoms with Crippen molar-refractivity contribution in [2.75, 3.05) is 36.9 Å². The van der Waals surface area contributed by atoms with Crippen LogP contribution in [0.5, 0.6) is 0 Å². The lowest BCUT2D eigenvalue weighted by Crippen LogP contribution is -3.14. The van der Waals surface area contributed by atoms with Gasteiger partial charge in [0.2, 0.25) is 0 Å². The van der Waals surface area contributed by atoms with E-state index in [0.717, 1.165) is 30.8 Å². The number of esters is 1. The average Bonchev–Trinajstić information content (AvgIpc) is 2.75. The van der Waals surface area contributed by atoms with Gasteiger partial charge in [-0.25, -0.2) is 0 Å². The third kappa shape index (κ3) is 5.90. The number of hydrogen-bond acceptors (Lipinski definition) is 4. The number of carbonyl (C=O) groups excluding carboxylic acids is 3. The Balaban J connectivity index is 1.55. The highest BCUT2D eigenvalue weighted by atomic mass is 16.5. The topological polar surface area (TPSA) is 88.9 Å². The molecular weight excluding hydrogens is 382 g/mol. The Bertz CT molecular complexity index is 877. The summed E-state index contributed by atoms with van der Waals surface area (Å²) in [5.41, 5.74) is 1.58. The number of piperidine rings is 1. The number of rotatable bonds is 7. The number of quaternary nitrogens is 1. The average molecular weight is 410 g/mol. The van der Waals surface area contributed by atoms with E-state index in [-0.39, 0.29) is 23.7 Å². The van der Waals surface area contributed by atoms with Gasteiger partial charge in [0.05, 0.1) is 36.9 Å². The second-order valence-corrected chi connectivity index (χ2v) is 7.37. The van der Waals surface area contributed by atoms with Crippen LogP contribution in [0.2, 0.25) is 0 Å². The summed E-state index contributed by atoms with van der Waals surface area (Å²) in [6.45, 7) is 3.98. The predicted octanol–water partition coefficient (Wildman–Crippen LogP) is 1.74. The minimum atomic E-state index is -0.278. The third-order valence-electron chi connectivity index (χ3n) is 5.20. The number of likely N-dealkylation sites (tertiary alicyclic amines) is 1. The quantitative estimate of drug-likeness (QED) is 0.607. The van der Waals surface area contributed by atoms with Gasteiger partial charge < -0.3 is 20.3 Å². The first-order valence-corrected chi connectivity index (χ1v) is 10.3. The zero-order valence-electron chi connectivity index (χ0n) is 17.1. The van der Waals surface area contributed by atoms with Gasteiger partial charge in [0, 0.05) is 18.5 Å². The van der Waals surface area contributed by atoms with Crippen LogP contribution in [0.3, 0.4) is 0 Å². The molecule has 0 atom stereocenters. The minimum Gasteiger partial charge on any atom is -0.466 e. The molecule has 0 unspecified atom stereocenters. The Labute approximate surface area is 176 Å². The molecule has 0 bridgehead atoms. The highest BCUT2D eigenvalue weighted by Gasteiger charge is 2.29. The molecule has 3 N–H and O–H groups in total. The monoisotopic (exact) mass is 410 g/mol. The van der Waals surface area contributed by atoms with E-state index in [2.05, 4.69) is 10.6 Å².